The largest absolute Gasteiger partial charge is 0.356 e. The van der Waals surface area contributed by atoms with Crippen LogP contribution in [-0.2, 0) is 19.4 Å². The number of nitrogens with one attached hydrogen (secondary N) is 2. The minimum absolute atomic E-state index is 0.262. The molecule has 2 N–H and O–H groups in total. The second kappa shape index (κ2) is 8.99. The van der Waals surface area contributed by atoms with Crippen molar-refractivity contribution in [3.05, 3.63) is 51.2 Å². The highest BCUT2D eigenvalue weighted by atomic mass is 32.1. The summed E-state index contributed by atoms with van der Waals surface area (Å²) in [5, 5.41) is 16.2. The van der Waals surface area contributed by atoms with Crippen LogP contribution in [0.15, 0.2) is 29.4 Å². The number of aryl methyl sites for hydroxylation is 1. The third-order valence-corrected chi connectivity index (χ3v) is 4.63. The molecule has 1 heterocycles. The number of aliphatic imine (C=N–C) groups is 1. The molecule has 2 aromatic rings. The lowest BCUT2D eigenvalue weighted by atomic mass is 10.1. The van der Waals surface area contributed by atoms with E-state index >= 15 is 0 Å². The Morgan fingerprint density at radius 1 is 1.42 bits per heavy atom. The molecule has 1 aromatic carbocycles. The van der Waals surface area contributed by atoms with Gasteiger partial charge >= 0.3 is 0 Å². The number of rotatable bonds is 6. The molecule has 126 valence electrons. The molecule has 0 atom stereocenters. The SMILES string of the molecule is CCc1cnc(CCNC(=NC)NCc2cc(C#N)ccc2F)s1. The molecule has 0 spiro atoms. The van der Waals surface area contributed by atoms with Gasteiger partial charge in [-0.15, -0.1) is 11.3 Å². The average Bonchev–Trinajstić information content (AvgIpc) is 3.07. The van der Waals surface area contributed by atoms with Gasteiger partial charge in [0.2, 0.25) is 0 Å². The highest BCUT2D eigenvalue weighted by molar-refractivity contribution is 7.11. The molecule has 0 unspecified atom stereocenters. The van der Waals surface area contributed by atoms with E-state index in [0.717, 1.165) is 17.8 Å². The quantitative estimate of drug-likeness (QED) is 0.623. The molecule has 0 fully saturated rings. The number of thiazole rings is 1. The lowest BCUT2D eigenvalue weighted by Crippen LogP contribution is -2.38. The van der Waals surface area contributed by atoms with Crippen molar-refractivity contribution in [1.82, 2.24) is 15.6 Å². The first-order valence-electron chi connectivity index (χ1n) is 7.73. The topological polar surface area (TPSA) is 73.1 Å². The van der Waals surface area contributed by atoms with Crippen LogP contribution in [-0.4, -0.2) is 24.5 Å². The van der Waals surface area contributed by atoms with Gasteiger partial charge in [0.05, 0.1) is 16.6 Å². The molecule has 0 saturated heterocycles. The van der Waals surface area contributed by atoms with Gasteiger partial charge in [0, 0.05) is 43.2 Å². The first kappa shape index (κ1) is 17.9. The van der Waals surface area contributed by atoms with Crippen LogP contribution in [0.5, 0.6) is 0 Å². The molecular weight excluding hydrogens is 325 g/mol. The Balaban J connectivity index is 1.83. The molecule has 0 amide bonds. The molecule has 0 aliphatic carbocycles. The highest BCUT2D eigenvalue weighted by Crippen LogP contribution is 2.13. The highest BCUT2D eigenvalue weighted by Gasteiger charge is 2.06. The van der Waals surface area contributed by atoms with Crippen LogP contribution >= 0.6 is 11.3 Å². The molecule has 0 saturated carbocycles. The van der Waals surface area contributed by atoms with Gasteiger partial charge in [0.25, 0.3) is 0 Å². The maximum atomic E-state index is 13.8. The second-order valence-corrected chi connectivity index (χ2v) is 6.29. The van der Waals surface area contributed by atoms with E-state index in [0.29, 0.717) is 23.6 Å². The molecule has 2 rings (SSSR count). The molecule has 7 heteroatoms. The van der Waals surface area contributed by atoms with Crippen molar-refractivity contribution in [1.29, 1.82) is 5.26 Å². The van der Waals surface area contributed by atoms with E-state index in [-0.39, 0.29) is 12.4 Å². The minimum Gasteiger partial charge on any atom is -0.356 e. The van der Waals surface area contributed by atoms with Crippen LogP contribution in [0.3, 0.4) is 0 Å². The molecule has 0 aliphatic rings. The van der Waals surface area contributed by atoms with Crippen LogP contribution in [0.4, 0.5) is 4.39 Å². The fourth-order valence-corrected chi connectivity index (χ4v) is 2.96. The van der Waals surface area contributed by atoms with Crippen molar-refractivity contribution in [2.75, 3.05) is 13.6 Å². The van der Waals surface area contributed by atoms with Crippen molar-refractivity contribution in [3.8, 4) is 6.07 Å². The minimum atomic E-state index is -0.341. The monoisotopic (exact) mass is 345 g/mol. The Morgan fingerprint density at radius 3 is 2.92 bits per heavy atom. The third kappa shape index (κ3) is 5.03. The Labute approximate surface area is 145 Å². The second-order valence-electron chi connectivity index (χ2n) is 5.09. The van der Waals surface area contributed by atoms with Crippen LogP contribution in [0.2, 0.25) is 0 Å². The zero-order valence-electron chi connectivity index (χ0n) is 13.8. The van der Waals surface area contributed by atoms with Crippen molar-refractivity contribution >= 4 is 17.3 Å². The molecule has 5 nitrogen and oxygen atoms in total. The third-order valence-electron chi connectivity index (χ3n) is 3.43. The summed E-state index contributed by atoms with van der Waals surface area (Å²) in [6, 6.07) is 6.32. The van der Waals surface area contributed by atoms with Gasteiger partial charge in [0.1, 0.15) is 5.82 Å². The van der Waals surface area contributed by atoms with Crippen LogP contribution in [0, 0.1) is 17.1 Å². The normalized spacial score (nSPS) is 11.2. The van der Waals surface area contributed by atoms with Gasteiger partial charge in [-0.1, -0.05) is 6.92 Å². The van der Waals surface area contributed by atoms with Gasteiger partial charge in [-0.3, -0.25) is 4.99 Å². The van der Waals surface area contributed by atoms with E-state index in [4.69, 9.17) is 5.26 Å². The number of halogens is 1. The fraction of sp³-hybridized carbons (Fsp3) is 0.353. The number of hydrogen-bond donors (Lipinski definition) is 2. The standard InChI is InChI=1S/C17H20FN5S/c1-3-14-11-22-16(24-14)6-7-21-17(20-2)23-10-13-8-12(9-19)4-5-15(13)18/h4-5,8,11H,3,6-7,10H2,1-2H3,(H2,20,21,23). The number of nitrogens with zero attached hydrogens (tertiary/aromatic N) is 3. The van der Waals surface area contributed by atoms with E-state index in [1.807, 2.05) is 12.3 Å². The summed E-state index contributed by atoms with van der Waals surface area (Å²) < 4.78 is 13.8. The number of hydrogen-bond acceptors (Lipinski definition) is 4. The van der Waals surface area contributed by atoms with Crippen LogP contribution < -0.4 is 10.6 Å². The molecule has 1 aromatic heterocycles. The lowest BCUT2D eigenvalue weighted by molar-refractivity contribution is 0.604. The van der Waals surface area contributed by atoms with Gasteiger partial charge in [-0.25, -0.2) is 9.37 Å². The smallest absolute Gasteiger partial charge is 0.191 e. The summed E-state index contributed by atoms with van der Waals surface area (Å²) in [4.78, 5) is 9.77. The number of aromatic nitrogens is 1. The van der Waals surface area contributed by atoms with E-state index in [1.165, 1.54) is 23.1 Å². The molecule has 0 bridgehead atoms. The fourth-order valence-electron chi connectivity index (χ4n) is 2.09. The summed E-state index contributed by atoms with van der Waals surface area (Å²) in [5.41, 5.74) is 0.871. The van der Waals surface area contributed by atoms with E-state index in [9.17, 15) is 4.39 Å². The number of nitriles is 1. The summed E-state index contributed by atoms with van der Waals surface area (Å²) in [7, 11) is 1.66. The number of guanidine groups is 1. The van der Waals surface area contributed by atoms with Crippen LogP contribution in [0.25, 0.3) is 0 Å². The van der Waals surface area contributed by atoms with Gasteiger partial charge in [-0.05, 0) is 24.6 Å². The summed E-state index contributed by atoms with van der Waals surface area (Å²) in [5.74, 6) is 0.246. The maximum absolute atomic E-state index is 13.8. The Kier molecular flexibility index (Phi) is 6.70. The molecule has 0 radical (unpaired) electrons. The Hall–Kier alpha value is -2.46. The first-order valence-corrected chi connectivity index (χ1v) is 8.54. The van der Waals surface area contributed by atoms with Crippen molar-refractivity contribution in [2.24, 2.45) is 4.99 Å². The van der Waals surface area contributed by atoms with E-state index < -0.39 is 0 Å². The number of benzene rings is 1. The van der Waals surface area contributed by atoms with Crippen molar-refractivity contribution < 1.29 is 4.39 Å². The predicted molar refractivity (Wildman–Crippen MR) is 94.5 cm³/mol. The van der Waals surface area contributed by atoms with Crippen molar-refractivity contribution in [3.63, 3.8) is 0 Å². The van der Waals surface area contributed by atoms with E-state index in [1.54, 1.807) is 18.4 Å². The zero-order valence-corrected chi connectivity index (χ0v) is 14.6. The zero-order chi connectivity index (χ0) is 17.4. The van der Waals surface area contributed by atoms with Gasteiger partial charge in [0.15, 0.2) is 5.96 Å². The maximum Gasteiger partial charge on any atom is 0.191 e. The summed E-state index contributed by atoms with van der Waals surface area (Å²) in [6.07, 6.45) is 3.73. The molecule has 24 heavy (non-hydrogen) atoms. The Bertz CT molecular complexity index is 748. The summed E-state index contributed by atoms with van der Waals surface area (Å²) >= 11 is 1.72. The van der Waals surface area contributed by atoms with Gasteiger partial charge < -0.3 is 10.6 Å². The van der Waals surface area contributed by atoms with Crippen molar-refractivity contribution in [2.45, 2.75) is 26.3 Å². The summed E-state index contributed by atoms with van der Waals surface area (Å²) in [6.45, 7) is 3.07. The van der Waals surface area contributed by atoms with Gasteiger partial charge in [-0.2, -0.15) is 5.26 Å². The first-order chi connectivity index (χ1) is 11.7. The average molecular weight is 345 g/mol. The van der Waals surface area contributed by atoms with Crippen LogP contribution in [0.1, 0.15) is 27.9 Å². The van der Waals surface area contributed by atoms with E-state index in [2.05, 4.69) is 27.5 Å². The lowest BCUT2D eigenvalue weighted by Gasteiger charge is -2.12. The molecular formula is C17H20FN5S. The molecule has 0 aliphatic heterocycles. The predicted octanol–water partition coefficient (Wildman–Crippen LogP) is 2.62. The Morgan fingerprint density at radius 2 is 2.25 bits per heavy atom.